The number of nitrogens with zero attached hydrogens (tertiary/aromatic N) is 2. The first-order valence-corrected chi connectivity index (χ1v) is 7.96. The lowest BCUT2D eigenvalue weighted by Gasteiger charge is -2.18. The van der Waals surface area contributed by atoms with E-state index >= 15 is 0 Å². The Bertz CT molecular complexity index is 542. The zero-order valence-electron chi connectivity index (χ0n) is 12.4. The van der Waals surface area contributed by atoms with Crippen molar-refractivity contribution in [3.05, 3.63) is 51.8 Å². The SMILES string of the molecule is CCCNC(c1cc(C)cc(Br)c1)c1cnn(CC)c1. The van der Waals surface area contributed by atoms with E-state index in [1.165, 1.54) is 16.7 Å². The van der Waals surface area contributed by atoms with E-state index in [0.717, 1.165) is 24.0 Å². The maximum Gasteiger partial charge on any atom is 0.0608 e. The van der Waals surface area contributed by atoms with Gasteiger partial charge >= 0.3 is 0 Å². The second kappa shape index (κ2) is 7.04. The third-order valence-electron chi connectivity index (χ3n) is 3.31. The molecule has 1 N–H and O–H groups in total. The molecule has 0 aliphatic rings. The maximum atomic E-state index is 4.40. The fourth-order valence-electron chi connectivity index (χ4n) is 2.35. The molecule has 1 aromatic carbocycles. The molecule has 1 unspecified atom stereocenters. The standard InChI is InChI=1S/C16H22BrN3/c1-4-6-18-16(14-10-19-20(5-2)11-14)13-7-12(3)8-15(17)9-13/h7-11,16,18H,4-6H2,1-3H3. The van der Waals surface area contributed by atoms with E-state index in [9.17, 15) is 0 Å². The van der Waals surface area contributed by atoms with Crippen molar-refractivity contribution in [3.8, 4) is 0 Å². The van der Waals surface area contributed by atoms with Gasteiger partial charge in [0.25, 0.3) is 0 Å². The molecule has 0 saturated heterocycles. The smallest absolute Gasteiger partial charge is 0.0608 e. The van der Waals surface area contributed by atoms with Gasteiger partial charge < -0.3 is 5.32 Å². The van der Waals surface area contributed by atoms with E-state index < -0.39 is 0 Å². The molecule has 2 rings (SSSR count). The van der Waals surface area contributed by atoms with E-state index in [4.69, 9.17) is 0 Å². The van der Waals surface area contributed by atoms with E-state index in [1.807, 2.05) is 10.9 Å². The van der Waals surface area contributed by atoms with E-state index in [2.05, 4.69) is 71.5 Å². The molecule has 0 saturated carbocycles. The van der Waals surface area contributed by atoms with Gasteiger partial charge in [0.1, 0.15) is 0 Å². The van der Waals surface area contributed by atoms with Crippen LogP contribution in [-0.4, -0.2) is 16.3 Å². The van der Waals surface area contributed by atoms with Crippen LogP contribution in [0.3, 0.4) is 0 Å². The van der Waals surface area contributed by atoms with Crippen LogP contribution in [0.2, 0.25) is 0 Å². The monoisotopic (exact) mass is 335 g/mol. The fourth-order valence-corrected chi connectivity index (χ4v) is 2.98. The predicted octanol–water partition coefficient (Wildman–Crippen LogP) is 4.06. The molecule has 0 amide bonds. The summed E-state index contributed by atoms with van der Waals surface area (Å²) in [6.07, 6.45) is 5.21. The average Bonchev–Trinajstić information content (AvgIpc) is 2.87. The van der Waals surface area contributed by atoms with Crippen LogP contribution in [0.25, 0.3) is 0 Å². The molecule has 2 aromatic rings. The van der Waals surface area contributed by atoms with Crippen molar-refractivity contribution in [2.45, 2.75) is 39.8 Å². The molecule has 1 atom stereocenters. The van der Waals surface area contributed by atoms with Crippen molar-refractivity contribution in [1.29, 1.82) is 0 Å². The van der Waals surface area contributed by atoms with Crippen molar-refractivity contribution in [1.82, 2.24) is 15.1 Å². The molecule has 108 valence electrons. The van der Waals surface area contributed by atoms with Crippen LogP contribution < -0.4 is 5.32 Å². The summed E-state index contributed by atoms with van der Waals surface area (Å²) in [6.45, 7) is 8.31. The zero-order chi connectivity index (χ0) is 14.5. The number of halogens is 1. The number of benzene rings is 1. The quantitative estimate of drug-likeness (QED) is 0.862. The second-order valence-electron chi connectivity index (χ2n) is 5.08. The minimum atomic E-state index is 0.200. The third kappa shape index (κ3) is 3.70. The highest BCUT2D eigenvalue weighted by atomic mass is 79.9. The summed E-state index contributed by atoms with van der Waals surface area (Å²) < 4.78 is 3.10. The van der Waals surface area contributed by atoms with Crippen LogP contribution in [0.15, 0.2) is 35.1 Å². The minimum absolute atomic E-state index is 0.200. The van der Waals surface area contributed by atoms with Gasteiger partial charge in [-0.05, 0) is 50.1 Å². The number of hydrogen-bond acceptors (Lipinski definition) is 2. The van der Waals surface area contributed by atoms with Gasteiger partial charge in [-0.1, -0.05) is 28.9 Å². The highest BCUT2D eigenvalue weighted by molar-refractivity contribution is 9.10. The number of aromatic nitrogens is 2. The van der Waals surface area contributed by atoms with Crippen LogP contribution in [0.1, 0.15) is 43.0 Å². The Morgan fingerprint density at radius 1 is 1.25 bits per heavy atom. The normalized spacial score (nSPS) is 12.6. The summed E-state index contributed by atoms with van der Waals surface area (Å²) in [5.41, 5.74) is 3.76. The molecular weight excluding hydrogens is 314 g/mol. The first-order valence-electron chi connectivity index (χ1n) is 7.16. The Morgan fingerprint density at radius 2 is 2.05 bits per heavy atom. The first kappa shape index (κ1) is 15.3. The van der Waals surface area contributed by atoms with Gasteiger partial charge in [0.15, 0.2) is 0 Å². The summed E-state index contributed by atoms with van der Waals surface area (Å²) in [7, 11) is 0. The molecule has 0 fully saturated rings. The van der Waals surface area contributed by atoms with E-state index in [0.29, 0.717) is 0 Å². The van der Waals surface area contributed by atoms with Crippen LogP contribution in [0.5, 0.6) is 0 Å². The Kier molecular flexibility index (Phi) is 5.38. The number of nitrogens with one attached hydrogen (secondary N) is 1. The second-order valence-corrected chi connectivity index (χ2v) is 5.99. The average molecular weight is 336 g/mol. The molecule has 0 spiro atoms. The summed E-state index contributed by atoms with van der Waals surface area (Å²) >= 11 is 3.59. The number of aryl methyl sites for hydroxylation is 2. The van der Waals surface area contributed by atoms with Gasteiger partial charge in [-0.25, -0.2) is 0 Å². The summed E-state index contributed by atoms with van der Waals surface area (Å²) in [6, 6.07) is 6.76. The van der Waals surface area contributed by atoms with Gasteiger partial charge in [-0.2, -0.15) is 5.10 Å². The maximum absolute atomic E-state index is 4.40. The Balaban J connectivity index is 2.35. The molecule has 0 aliphatic carbocycles. The lowest BCUT2D eigenvalue weighted by atomic mass is 9.99. The van der Waals surface area contributed by atoms with Gasteiger partial charge in [0, 0.05) is 22.8 Å². The van der Waals surface area contributed by atoms with Crippen molar-refractivity contribution in [2.75, 3.05) is 6.54 Å². The lowest BCUT2D eigenvalue weighted by molar-refractivity contribution is 0.596. The highest BCUT2D eigenvalue weighted by Gasteiger charge is 2.16. The lowest BCUT2D eigenvalue weighted by Crippen LogP contribution is -2.23. The minimum Gasteiger partial charge on any atom is -0.306 e. The predicted molar refractivity (Wildman–Crippen MR) is 86.9 cm³/mol. The van der Waals surface area contributed by atoms with Crippen LogP contribution in [0.4, 0.5) is 0 Å². The summed E-state index contributed by atoms with van der Waals surface area (Å²) in [5.74, 6) is 0. The van der Waals surface area contributed by atoms with Crippen molar-refractivity contribution in [3.63, 3.8) is 0 Å². The van der Waals surface area contributed by atoms with Crippen LogP contribution in [-0.2, 0) is 6.54 Å². The molecule has 20 heavy (non-hydrogen) atoms. The van der Waals surface area contributed by atoms with Gasteiger partial charge in [0.2, 0.25) is 0 Å². The number of hydrogen-bond donors (Lipinski definition) is 1. The molecule has 1 heterocycles. The van der Waals surface area contributed by atoms with Gasteiger partial charge in [-0.15, -0.1) is 0 Å². The third-order valence-corrected chi connectivity index (χ3v) is 3.76. The molecule has 4 heteroatoms. The molecular formula is C16H22BrN3. The number of rotatable bonds is 6. The highest BCUT2D eigenvalue weighted by Crippen LogP contribution is 2.26. The molecule has 0 radical (unpaired) electrons. The Morgan fingerprint density at radius 3 is 2.65 bits per heavy atom. The van der Waals surface area contributed by atoms with Gasteiger partial charge in [-0.3, -0.25) is 4.68 Å². The molecule has 0 aliphatic heterocycles. The van der Waals surface area contributed by atoms with Crippen molar-refractivity contribution in [2.24, 2.45) is 0 Å². The largest absolute Gasteiger partial charge is 0.306 e. The molecule has 1 aromatic heterocycles. The van der Waals surface area contributed by atoms with Gasteiger partial charge in [0.05, 0.1) is 12.2 Å². The topological polar surface area (TPSA) is 29.9 Å². The Labute approximate surface area is 129 Å². The summed E-state index contributed by atoms with van der Waals surface area (Å²) in [4.78, 5) is 0. The summed E-state index contributed by atoms with van der Waals surface area (Å²) in [5, 5.41) is 8.02. The first-order chi connectivity index (χ1) is 9.63. The van der Waals surface area contributed by atoms with Crippen molar-refractivity contribution >= 4 is 15.9 Å². The zero-order valence-corrected chi connectivity index (χ0v) is 13.9. The molecule has 3 nitrogen and oxygen atoms in total. The van der Waals surface area contributed by atoms with Crippen LogP contribution in [0, 0.1) is 6.92 Å². The van der Waals surface area contributed by atoms with Crippen LogP contribution >= 0.6 is 15.9 Å². The fraction of sp³-hybridized carbons (Fsp3) is 0.438. The van der Waals surface area contributed by atoms with E-state index in [-0.39, 0.29) is 6.04 Å². The molecule has 0 bridgehead atoms. The Hall–Kier alpha value is -1.13. The van der Waals surface area contributed by atoms with E-state index in [1.54, 1.807) is 0 Å². The van der Waals surface area contributed by atoms with Crippen molar-refractivity contribution < 1.29 is 0 Å².